The molecule has 0 radical (unpaired) electrons. The van der Waals surface area contributed by atoms with Gasteiger partial charge in [-0.3, -0.25) is 4.79 Å². The third-order valence-corrected chi connectivity index (χ3v) is 2.79. The van der Waals surface area contributed by atoms with E-state index < -0.39 is 0 Å². The highest BCUT2D eigenvalue weighted by atomic mass is 79.9. The average molecular weight is 267 g/mol. The van der Waals surface area contributed by atoms with Gasteiger partial charge in [-0.2, -0.15) is 0 Å². The van der Waals surface area contributed by atoms with Gasteiger partial charge < -0.3 is 4.57 Å². The molecular formula is C11H11BrN2O. The van der Waals surface area contributed by atoms with Gasteiger partial charge in [-0.15, -0.1) is 0 Å². The molecule has 3 nitrogen and oxygen atoms in total. The number of halogens is 1. The van der Waals surface area contributed by atoms with Crippen LogP contribution in [0.4, 0.5) is 0 Å². The second kappa shape index (κ2) is 3.77. The van der Waals surface area contributed by atoms with Crippen LogP contribution in [0.2, 0.25) is 0 Å². The summed E-state index contributed by atoms with van der Waals surface area (Å²) < 4.78 is 2.93. The van der Waals surface area contributed by atoms with Crippen LogP contribution in [0.3, 0.4) is 0 Å². The normalized spacial score (nSPS) is 11.2. The third kappa shape index (κ3) is 1.69. The summed E-state index contributed by atoms with van der Waals surface area (Å²) >= 11 is 3.42. The van der Waals surface area contributed by atoms with Crippen LogP contribution in [0.25, 0.3) is 11.0 Å². The molecule has 0 bridgehead atoms. The van der Waals surface area contributed by atoms with Gasteiger partial charge in [0.05, 0.1) is 11.0 Å². The molecule has 0 spiro atoms. The largest absolute Gasteiger partial charge is 0.319 e. The summed E-state index contributed by atoms with van der Waals surface area (Å²) in [4.78, 5) is 15.2. The Balaban J connectivity index is 2.82. The quantitative estimate of drug-likeness (QED) is 0.783. The Bertz CT molecular complexity index is 517. The first-order valence-electron chi connectivity index (χ1n) is 4.76. The van der Waals surface area contributed by atoms with Crippen LogP contribution < -0.4 is 0 Å². The second-order valence-corrected chi connectivity index (χ2v) is 4.60. The van der Waals surface area contributed by atoms with Gasteiger partial charge in [0.25, 0.3) is 0 Å². The molecule has 15 heavy (non-hydrogen) atoms. The molecule has 2 aromatic rings. The van der Waals surface area contributed by atoms with Crippen molar-refractivity contribution in [2.24, 2.45) is 0 Å². The van der Waals surface area contributed by atoms with E-state index in [1.165, 1.54) is 0 Å². The van der Waals surface area contributed by atoms with Gasteiger partial charge in [0.1, 0.15) is 0 Å². The summed E-state index contributed by atoms with van der Waals surface area (Å²) in [5, 5.41) is 0. The van der Waals surface area contributed by atoms with E-state index >= 15 is 0 Å². The summed E-state index contributed by atoms with van der Waals surface area (Å²) in [5.41, 5.74) is 1.84. The maximum Gasteiger partial charge on any atom is 0.185 e. The van der Waals surface area contributed by atoms with E-state index in [4.69, 9.17) is 0 Å². The molecule has 0 amide bonds. The molecule has 0 atom stereocenters. The van der Waals surface area contributed by atoms with E-state index in [1.807, 2.05) is 36.6 Å². The van der Waals surface area contributed by atoms with Crippen LogP contribution in [0.1, 0.15) is 30.5 Å². The van der Waals surface area contributed by atoms with Gasteiger partial charge in [-0.05, 0) is 32.0 Å². The number of imidazole rings is 1. The van der Waals surface area contributed by atoms with Gasteiger partial charge in [0.2, 0.25) is 0 Å². The van der Waals surface area contributed by atoms with Crippen molar-refractivity contribution in [1.29, 1.82) is 0 Å². The molecule has 2 rings (SSSR count). The fourth-order valence-electron chi connectivity index (χ4n) is 1.71. The molecule has 0 N–H and O–H groups in total. The maximum atomic E-state index is 10.9. The van der Waals surface area contributed by atoms with Gasteiger partial charge in [-0.25, -0.2) is 4.98 Å². The number of aldehydes is 1. The van der Waals surface area contributed by atoms with Crippen LogP contribution in [0.15, 0.2) is 22.7 Å². The molecule has 1 aromatic carbocycles. The van der Waals surface area contributed by atoms with E-state index in [0.717, 1.165) is 21.8 Å². The Morgan fingerprint density at radius 3 is 2.80 bits per heavy atom. The van der Waals surface area contributed by atoms with E-state index in [0.29, 0.717) is 5.82 Å². The highest BCUT2D eigenvalue weighted by molar-refractivity contribution is 9.10. The number of nitrogens with zero attached hydrogens (tertiary/aromatic N) is 2. The van der Waals surface area contributed by atoms with Crippen molar-refractivity contribution in [2.75, 3.05) is 0 Å². The lowest BCUT2D eigenvalue weighted by atomic mass is 10.3. The predicted molar refractivity (Wildman–Crippen MR) is 63.2 cm³/mol. The van der Waals surface area contributed by atoms with Crippen molar-refractivity contribution in [3.63, 3.8) is 0 Å². The van der Waals surface area contributed by atoms with E-state index in [-0.39, 0.29) is 6.04 Å². The predicted octanol–water partition coefficient (Wildman–Crippen LogP) is 3.19. The number of carbonyl (C=O) groups excluding carboxylic acids is 1. The number of hydrogen-bond acceptors (Lipinski definition) is 2. The van der Waals surface area contributed by atoms with Crippen LogP contribution in [0.5, 0.6) is 0 Å². The Morgan fingerprint density at radius 2 is 2.20 bits per heavy atom. The Morgan fingerprint density at radius 1 is 1.47 bits per heavy atom. The zero-order chi connectivity index (χ0) is 11.0. The number of fused-ring (bicyclic) bond motifs is 1. The fraction of sp³-hybridized carbons (Fsp3) is 0.273. The van der Waals surface area contributed by atoms with Crippen molar-refractivity contribution in [3.05, 3.63) is 28.5 Å². The number of benzene rings is 1. The van der Waals surface area contributed by atoms with Gasteiger partial charge >= 0.3 is 0 Å². The number of rotatable bonds is 2. The lowest BCUT2D eigenvalue weighted by molar-refractivity contribution is 0.111. The smallest absolute Gasteiger partial charge is 0.185 e. The lowest BCUT2D eigenvalue weighted by Gasteiger charge is -2.09. The highest BCUT2D eigenvalue weighted by Gasteiger charge is 2.12. The van der Waals surface area contributed by atoms with Crippen molar-refractivity contribution < 1.29 is 4.79 Å². The molecule has 1 heterocycles. The molecule has 0 unspecified atom stereocenters. The minimum absolute atomic E-state index is 0.226. The molecule has 0 saturated carbocycles. The van der Waals surface area contributed by atoms with Crippen molar-refractivity contribution in [3.8, 4) is 0 Å². The summed E-state index contributed by atoms with van der Waals surface area (Å²) in [5.74, 6) is 0.484. The van der Waals surface area contributed by atoms with Gasteiger partial charge in [0, 0.05) is 10.5 Å². The summed E-state index contributed by atoms with van der Waals surface area (Å²) in [7, 11) is 0. The monoisotopic (exact) mass is 266 g/mol. The molecule has 0 aliphatic heterocycles. The Hall–Kier alpha value is -1.16. The first kappa shape index (κ1) is 10.4. The molecule has 0 aliphatic carbocycles. The van der Waals surface area contributed by atoms with Crippen LogP contribution in [0, 0.1) is 0 Å². The summed E-state index contributed by atoms with van der Waals surface area (Å²) in [6.07, 6.45) is 0.800. The van der Waals surface area contributed by atoms with Crippen LogP contribution in [-0.2, 0) is 0 Å². The zero-order valence-corrected chi connectivity index (χ0v) is 10.2. The van der Waals surface area contributed by atoms with Crippen LogP contribution in [-0.4, -0.2) is 15.8 Å². The third-order valence-electron chi connectivity index (χ3n) is 2.30. The van der Waals surface area contributed by atoms with Crippen molar-refractivity contribution in [2.45, 2.75) is 19.9 Å². The minimum Gasteiger partial charge on any atom is -0.319 e. The highest BCUT2D eigenvalue weighted by Crippen LogP contribution is 2.23. The average Bonchev–Trinajstić information content (AvgIpc) is 2.55. The second-order valence-electron chi connectivity index (χ2n) is 3.68. The molecule has 0 aliphatic rings. The molecule has 1 aromatic heterocycles. The topological polar surface area (TPSA) is 34.9 Å². The van der Waals surface area contributed by atoms with Gasteiger partial charge in [-0.1, -0.05) is 15.9 Å². The number of aromatic nitrogens is 2. The summed E-state index contributed by atoms with van der Waals surface area (Å²) in [6.45, 7) is 4.07. The number of hydrogen-bond donors (Lipinski definition) is 0. The zero-order valence-electron chi connectivity index (χ0n) is 8.57. The SMILES string of the molecule is CC(C)n1c(C=O)nc2ccc(Br)cc21. The van der Waals surface area contributed by atoms with E-state index in [2.05, 4.69) is 20.9 Å². The van der Waals surface area contributed by atoms with E-state index in [9.17, 15) is 4.79 Å². The maximum absolute atomic E-state index is 10.9. The van der Waals surface area contributed by atoms with E-state index in [1.54, 1.807) is 0 Å². The van der Waals surface area contributed by atoms with Crippen LogP contribution >= 0.6 is 15.9 Å². The first-order valence-corrected chi connectivity index (χ1v) is 5.55. The van der Waals surface area contributed by atoms with Crippen molar-refractivity contribution in [1.82, 2.24) is 9.55 Å². The molecule has 78 valence electrons. The molecular weight excluding hydrogens is 256 g/mol. The Kier molecular flexibility index (Phi) is 2.61. The first-order chi connectivity index (χ1) is 7.13. The van der Waals surface area contributed by atoms with Gasteiger partial charge in [0.15, 0.2) is 12.1 Å². The molecule has 4 heteroatoms. The Labute approximate surface area is 96.2 Å². The minimum atomic E-state index is 0.226. The standard InChI is InChI=1S/C11H11BrN2O/c1-7(2)14-10-5-8(12)3-4-9(10)13-11(14)6-15/h3-7H,1-2H3. The molecule has 0 saturated heterocycles. The lowest BCUT2D eigenvalue weighted by Crippen LogP contribution is -2.05. The molecule has 0 fully saturated rings. The van der Waals surface area contributed by atoms with Crippen molar-refractivity contribution >= 4 is 33.2 Å². The summed E-state index contributed by atoms with van der Waals surface area (Å²) in [6, 6.07) is 6.04. The number of carbonyl (C=O) groups is 1. The fourth-order valence-corrected chi connectivity index (χ4v) is 2.06.